The minimum absolute atomic E-state index is 0.216. The molecule has 0 radical (unpaired) electrons. The topological polar surface area (TPSA) is 38.0 Å². The fourth-order valence-corrected chi connectivity index (χ4v) is 2.27. The molecule has 2 unspecified atom stereocenters. The molecular formula is C13H20Cl2N2. The number of hydrogen-bond acceptors (Lipinski definition) is 2. The zero-order valence-corrected chi connectivity index (χ0v) is 12.0. The summed E-state index contributed by atoms with van der Waals surface area (Å²) in [6, 6.07) is 5.80. The SMILES string of the molecule is CC(C)C(C)C(Cc1ccc(Cl)cc1Cl)NN. The van der Waals surface area contributed by atoms with Crippen molar-refractivity contribution in [2.24, 2.45) is 17.7 Å². The standard InChI is InChI=1S/C13H20Cl2N2/c1-8(2)9(3)13(17-16)6-10-4-5-11(14)7-12(10)15/h4-5,7-9,13,17H,6,16H2,1-3H3. The molecule has 0 fully saturated rings. The van der Waals surface area contributed by atoms with Crippen molar-refractivity contribution in [1.29, 1.82) is 0 Å². The molecule has 0 aliphatic rings. The van der Waals surface area contributed by atoms with Crippen LogP contribution in [0.3, 0.4) is 0 Å². The van der Waals surface area contributed by atoms with Crippen molar-refractivity contribution in [3.8, 4) is 0 Å². The Hall–Kier alpha value is -0.280. The molecule has 3 N–H and O–H groups in total. The van der Waals surface area contributed by atoms with E-state index in [1.54, 1.807) is 6.07 Å². The van der Waals surface area contributed by atoms with Gasteiger partial charge in [0, 0.05) is 16.1 Å². The number of nitrogens with two attached hydrogens (primary N) is 1. The average Bonchev–Trinajstić information content (AvgIpc) is 2.27. The Morgan fingerprint density at radius 1 is 1.24 bits per heavy atom. The second-order valence-electron chi connectivity index (χ2n) is 4.82. The molecule has 1 aromatic carbocycles. The van der Waals surface area contributed by atoms with Crippen LogP contribution in [-0.2, 0) is 6.42 Å². The van der Waals surface area contributed by atoms with E-state index >= 15 is 0 Å². The van der Waals surface area contributed by atoms with Crippen molar-refractivity contribution in [2.45, 2.75) is 33.2 Å². The Morgan fingerprint density at radius 2 is 1.88 bits per heavy atom. The third-order valence-electron chi connectivity index (χ3n) is 3.36. The van der Waals surface area contributed by atoms with Crippen molar-refractivity contribution < 1.29 is 0 Å². The molecule has 96 valence electrons. The molecular weight excluding hydrogens is 255 g/mol. The molecule has 0 aliphatic heterocycles. The fourth-order valence-electron chi connectivity index (χ4n) is 1.79. The van der Waals surface area contributed by atoms with E-state index in [1.807, 2.05) is 12.1 Å². The van der Waals surface area contributed by atoms with Gasteiger partial charge in [-0.2, -0.15) is 0 Å². The summed E-state index contributed by atoms with van der Waals surface area (Å²) in [7, 11) is 0. The normalized spacial score (nSPS) is 15.0. The van der Waals surface area contributed by atoms with Gasteiger partial charge in [0.15, 0.2) is 0 Å². The smallest absolute Gasteiger partial charge is 0.0453 e. The first-order valence-electron chi connectivity index (χ1n) is 5.85. The Labute approximate surface area is 113 Å². The Bertz CT molecular complexity index is 366. The van der Waals surface area contributed by atoms with Crippen LogP contribution in [0.2, 0.25) is 10.0 Å². The van der Waals surface area contributed by atoms with E-state index in [1.165, 1.54) is 0 Å². The highest BCUT2D eigenvalue weighted by atomic mass is 35.5. The number of hydrazine groups is 1. The largest absolute Gasteiger partial charge is 0.271 e. The molecule has 2 atom stereocenters. The van der Waals surface area contributed by atoms with Gasteiger partial charge in [0.25, 0.3) is 0 Å². The summed E-state index contributed by atoms with van der Waals surface area (Å²) in [5.74, 6) is 6.67. The highest BCUT2D eigenvalue weighted by molar-refractivity contribution is 6.35. The van der Waals surface area contributed by atoms with Gasteiger partial charge in [-0.1, -0.05) is 50.0 Å². The van der Waals surface area contributed by atoms with Crippen LogP contribution in [0.1, 0.15) is 26.3 Å². The maximum atomic E-state index is 6.16. The lowest BCUT2D eigenvalue weighted by Gasteiger charge is -2.26. The van der Waals surface area contributed by atoms with Crippen LogP contribution in [0.25, 0.3) is 0 Å². The van der Waals surface area contributed by atoms with E-state index in [9.17, 15) is 0 Å². The van der Waals surface area contributed by atoms with Gasteiger partial charge in [0.05, 0.1) is 0 Å². The number of rotatable bonds is 5. The summed E-state index contributed by atoms with van der Waals surface area (Å²) in [5, 5.41) is 1.36. The monoisotopic (exact) mass is 274 g/mol. The molecule has 1 aromatic rings. The van der Waals surface area contributed by atoms with E-state index in [4.69, 9.17) is 29.0 Å². The molecule has 0 amide bonds. The van der Waals surface area contributed by atoms with Crippen LogP contribution >= 0.6 is 23.2 Å². The summed E-state index contributed by atoms with van der Waals surface area (Å²) < 4.78 is 0. The second-order valence-corrected chi connectivity index (χ2v) is 5.66. The first-order chi connectivity index (χ1) is 7.95. The first kappa shape index (κ1) is 14.8. The van der Waals surface area contributed by atoms with Gasteiger partial charge in [-0.3, -0.25) is 11.3 Å². The van der Waals surface area contributed by atoms with Crippen LogP contribution in [0.5, 0.6) is 0 Å². The predicted molar refractivity (Wildman–Crippen MR) is 75.3 cm³/mol. The van der Waals surface area contributed by atoms with Gasteiger partial charge < -0.3 is 0 Å². The van der Waals surface area contributed by atoms with Gasteiger partial charge in [-0.05, 0) is 36.0 Å². The molecule has 0 aliphatic carbocycles. The quantitative estimate of drug-likeness (QED) is 0.635. The van der Waals surface area contributed by atoms with Crippen LogP contribution in [0.4, 0.5) is 0 Å². The van der Waals surface area contributed by atoms with Gasteiger partial charge in [0.1, 0.15) is 0 Å². The predicted octanol–water partition coefficient (Wildman–Crippen LogP) is 3.66. The molecule has 0 saturated heterocycles. The third kappa shape index (κ3) is 4.14. The van der Waals surface area contributed by atoms with Crippen LogP contribution < -0.4 is 11.3 Å². The molecule has 4 heteroatoms. The van der Waals surface area contributed by atoms with Gasteiger partial charge in [-0.15, -0.1) is 0 Å². The van der Waals surface area contributed by atoms with Crippen LogP contribution in [-0.4, -0.2) is 6.04 Å². The van der Waals surface area contributed by atoms with Crippen molar-refractivity contribution in [2.75, 3.05) is 0 Å². The number of halogens is 2. The van der Waals surface area contributed by atoms with E-state index in [0.29, 0.717) is 21.9 Å². The molecule has 2 nitrogen and oxygen atoms in total. The van der Waals surface area contributed by atoms with E-state index in [2.05, 4.69) is 26.2 Å². The fraction of sp³-hybridized carbons (Fsp3) is 0.538. The molecule has 0 saturated carbocycles. The maximum absolute atomic E-state index is 6.16. The lowest BCUT2D eigenvalue weighted by molar-refractivity contribution is 0.299. The van der Waals surface area contributed by atoms with E-state index in [0.717, 1.165) is 12.0 Å². The molecule has 0 heterocycles. The van der Waals surface area contributed by atoms with E-state index in [-0.39, 0.29) is 6.04 Å². The highest BCUT2D eigenvalue weighted by Crippen LogP contribution is 2.25. The summed E-state index contributed by atoms with van der Waals surface area (Å²) >= 11 is 12.0. The van der Waals surface area contributed by atoms with Crippen molar-refractivity contribution in [3.63, 3.8) is 0 Å². The van der Waals surface area contributed by atoms with Gasteiger partial charge in [-0.25, -0.2) is 0 Å². The Morgan fingerprint density at radius 3 is 2.35 bits per heavy atom. The number of benzene rings is 1. The zero-order valence-electron chi connectivity index (χ0n) is 10.5. The number of hydrogen-bond donors (Lipinski definition) is 2. The summed E-state index contributed by atoms with van der Waals surface area (Å²) in [6.45, 7) is 6.58. The lowest BCUT2D eigenvalue weighted by Crippen LogP contribution is -2.43. The molecule has 17 heavy (non-hydrogen) atoms. The zero-order chi connectivity index (χ0) is 13.0. The Balaban J connectivity index is 2.80. The number of nitrogens with one attached hydrogen (secondary N) is 1. The maximum Gasteiger partial charge on any atom is 0.0453 e. The minimum atomic E-state index is 0.216. The first-order valence-corrected chi connectivity index (χ1v) is 6.61. The summed E-state index contributed by atoms with van der Waals surface area (Å²) in [5.41, 5.74) is 3.96. The van der Waals surface area contributed by atoms with Crippen molar-refractivity contribution in [1.82, 2.24) is 5.43 Å². The molecule has 0 aromatic heterocycles. The highest BCUT2D eigenvalue weighted by Gasteiger charge is 2.20. The second kappa shape index (κ2) is 6.60. The third-order valence-corrected chi connectivity index (χ3v) is 3.94. The lowest BCUT2D eigenvalue weighted by atomic mass is 9.87. The van der Waals surface area contributed by atoms with Crippen molar-refractivity contribution in [3.05, 3.63) is 33.8 Å². The van der Waals surface area contributed by atoms with Crippen LogP contribution in [0, 0.1) is 11.8 Å². The van der Waals surface area contributed by atoms with E-state index < -0.39 is 0 Å². The van der Waals surface area contributed by atoms with Gasteiger partial charge in [0.2, 0.25) is 0 Å². The van der Waals surface area contributed by atoms with Crippen LogP contribution in [0.15, 0.2) is 18.2 Å². The van der Waals surface area contributed by atoms with Crippen molar-refractivity contribution >= 4 is 23.2 Å². The summed E-state index contributed by atoms with van der Waals surface area (Å²) in [6.07, 6.45) is 0.811. The van der Waals surface area contributed by atoms with Gasteiger partial charge >= 0.3 is 0 Å². The average molecular weight is 275 g/mol. The summed E-state index contributed by atoms with van der Waals surface area (Å²) in [4.78, 5) is 0. The molecule has 1 rings (SSSR count). The molecule has 0 spiro atoms. The Kier molecular flexibility index (Phi) is 5.74. The molecule has 0 bridgehead atoms. The minimum Gasteiger partial charge on any atom is -0.271 e.